The Morgan fingerprint density at radius 2 is 2.10 bits per heavy atom. The lowest BCUT2D eigenvalue weighted by Crippen LogP contribution is -2.07. The van der Waals surface area contributed by atoms with Gasteiger partial charge in [0.15, 0.2) is 0 Å². The van der Waals surface area contributed by atoms with Gasteiger partial charge in [-0.15, -0.1) is 0 Å². The minimum atomic E-state index is -0.142. The van der Waals surface area contributed by atoms with Crippen molar-refractivity contribution in [1.29, 1.82) is 0 Å². The molecule has 1 heterocycles. The summed E-state index contributed by atoms with van der Waals surface area (Å²) in [6.07, 6.45) is 1.84. The van der Waals surface area contributed by atoms with Crippen molar-refractivity contribution in [3.05, 3.63) is 52.8 Å². The second kappa shape index (κ2) is 6.39. The lowest BCUT2D eigenvalue weighted by molar-refractivity contribution is -0.114. The number of carbonyl (C=O) groups excluding carboxylic acids is 1. The maximum atomic E-state index is 11.0. The Labute approximate surface area is 123 Å². The van der Waals surface area contributed by atoms with Gasteiger partial charge >= 0.3 is 0 Å². The highest BCUT2D eigenvalue weighted by atomic mass is 35.5. The number of hydrogen-bond acceptors (Lipinski definition) is 3. The van der Waals surface area contributed by atoms with Gasteiger partial charge in [0, 0.05) is 18.8 Å². The molecule has 0 saturated carbocycles. The van der Waals surface area contributed by atoms with Gasteiger partial charge < -0.3 is 10.6 Å². The average Bonchev–Trinajstić information content (AvgIpc) is 2.40. The number of pyridine rings is 1. The van der Waals surface area contributed by atoms with E-state index in [0.717, 1.165) is 16.9 Å². The Kier molecular flexibility index (Phi) is 4.58. The van der Waals surface area contributed by atoms with Crippen molar-refractivity contribution in [3.63, 3.8) is 0 Å². The van der Waals surface area contributed by atoms with E-state index in [4.69, 9.17) is 11.6 Å². The molecule has 4 nitrogen and oxygen atoms in total. The fourth-order valence-electron chi connectivity index (χ4n) is 1.71. The van der Waals surface area contributed by atoms with E-state index in [2.05, 4.69) is 15.6 Å². The van der Waals surface area contributed by atoms with Crippen LogP contribution in [0.1, 0.15) is 18.2 Å². The number of hydrogen-bond donors (Lipinski definition) is 2. The third-order valence-electron chi connectivity index (χ3n) is 2.73. The summed E-state index contributed by atoms with van der Waals surface area (Å²) in [5, 5.41) is 6.41. The monoisotopic (exact) mass is 289 g/mol. The molecule has 1 aromatic heterocycles. The molecule has 2 rings (SSSR count). The second-order valence-corrected chi connectivity index (χ2v) is 4.96. The molecule has 0 radical (unpaired) electrons. The lowest BCUT2D eigenvalue weighted by Gasteiger charge is -2.09. The molecule has 0 bridgehead atoms. The number of rotatable bonds is 4. The van der Waals surface area contributed by atoms with Crippen molar-refractivity contribution in [2.75, 3.05) is 10.6 Å². The Balaban J connectivity index is 2.01. The molecule has 0 atom stereocenters. The first-order valence-corrected chi connectivity index (χ1v) is 6.65. The van der Waals surface area contributed by atoms with E-state index in [0.29, 0.717) is 17.3 Å². The predicted octanol–water partition coefficient (Wildman–Crippen LogP) is 3.61. The zero-order valence-corrected chi connectivity index (χ0v) is 12.2. The van der Waals surface area contributed by atoms with Gasteiger partial charge in [-0.2, -0.15) is 0 Å². The standard InChI is InChI=1S/C15H16ClN3O/c1-10-3-4-13(17-8-10)9-18-12-5-6-15(14(16)7-12)19-11(2)20/h3-8,18H,9H2,1-2H3,(H,19,20). The third-order valence-corrected chi connectivity index (χ3v) is 3.04. The summed E-state index contributed by atoms with van der Waals surface area (Å²) in [5.41, 5.74) is 3.58. The Morgan fingerprint density at radius 3 is 2.70 bits per heavy atom. The Hall–Kier alpha value is -2.07. The molecule has 0 aliphatic carbocycles. The first-order chi connectivity index (χ1) is 9.54. The maximum absolute atomic E-state index is 11.0. The summed E-state index contributed by atoms with van der Waals surface area (Å²) in [6.45, 7) is 4.08. The van der Waals surface area contributed by atoms with E-state index in [1.807, 2.05) is 31.3 Å². The van der Waals surface area contributed by atoms with Crippen LogP contribution >= 0.6 is 11.6 Å². The number of nitrogens with one attached hydrogen (secondary N) is 2. The van der Waals surface area contributed by atoms with Gasteiger partial charge in [0.1, 0.15) is 0 Å². The summed E-state index contributed by atoms with van der Waals surface area (Å²) >= 11 is 6.11. The van der Waals surface area contributed by atoms with Gasteiger partial charge in [0.25, 0.3) is 0 Å². The zero-order chi connectivity index (χ0) is 14.5. The van der Waals surface area contributed by atoms with Crippen LogP contribution < -0.4 is 10.6 Å². The van der Waals surface area contributed by atoms with Crippen LogP contribution in [0.2, 0.25) is 5.02 Å². The number of nitrogens with zero attached hydrogens (tertiary/aromatic N) is 1. The highest BCUT2D eigenvalue weighted by molar-refractivity contribution is 6.34. The molecule has 0 aliphatic heterocycles. The van der Waals surface area contributed by atoms with Gasteiger partial charge in [-0.25, -0.2) is 0 Å². The summed E-state index contributed by atoms with van der Waals surface area (Å²) < 4.78 is 0. The molecule has 1 aromatic carbocycles. The topological polar surface area (TPSA) is 54.0 Å². The van der Waals surface area contributed by atoms with E-state index in [1.54, 1.807) is 12.1 Å². The number of anilines is 2. The summed E-state index contributed by atoms with van der Waals surface area (Å²) in [7, 11) is 0. The predicted molar refractivity (Wildman–Crippen MR) is 82.1 cm³/mol. The van der Waals surface area contributed by atoms with Crippen molar-refractivity contribution in [1.82, 2.24) is 4.98 Å². The van der Waals surface area contributed by atoms with Gasteiger partial charge in [-0.3, -0.25) is 9.78 Å². The van der Waals surface area contributed by atoms with E-state index < -0.39 is 0 Å². The van der Waals surface area contributed by atoms with Crippen LogP contribution in [0, 0.1) is 6.92 Å². The Bertz CT molecular complexity index is 611. The fourth-order valence-corrected chi connectivity index (χ4v) is 1.94. The van der Waals surface area contributed by atoms with Crippen LogP contribution in [0.3, 0.4) is 0 Å². The molecule has 104 valence electrons. The molecule has 2 aromatic rings. The van der Waals surface area contributed by atoms with Gasteiger partial charge in [-0.05, 0) is 36.8 Å². The summed E-state index contributed by atoms with van der Waals surface area (Å²) in [4.78, 5) is 15.3. The third kappa shape index (κ3) is 3.96. The quantitative estimate of drug-likeness (QED) is 0.904. The first-order valence-electron chi connectivity index (χ1n) is 6.27. The van der Waals surface area contributed by atoms with Crippen LogP contribution in [-0.2, 0) is 11.3 Å². The summed E-state index contributed by atoms with van der Waals surface area (Å²) in [5.74, 6) is -0.142. The minimum absolute atomic E-state index is 0.142. The number of aryl methyl sites for hydroxylation is 1. The molecular formula is C15H16ClN3O. The zero-order valence-electron chi connectivity index (χ0n) is 11.4. The molecule has 20 heavy (non-hydrogen) atoms. The van der Waals surface area contributed by atoms with Crippen LogP contribution in [0.15, 0.2) is 36.5 Å². The molecule has 0 aliphatic rings. The highest BCUT2D eigenvalue weighted by Crippen LogP contribution is 2.25. The van der Waals surface area contributed by atoms with Crippen LogP contribution in [0.4, 0.5) is 11.4 Å². The fraction of sp³-hybridized carbons (Fsp3) is 0.200. The van der Waals surface area contributed by atoms with Crippen LogP contribution in [-0.4, -0.2) is 10.9 Å². The van der Waals surface area contributed by atoms with Crippen molar-refractivity contribution < 1.29 is 4.79 Å². The smallest absolute Gasteiger partial charge is 0.221 e. The number of halogens is 1. The van der Waals surface area contributed by atoms with E-state index in [1.165, 1.54) is 6.92 Å². The van der Waals surface area contributed by atoms with Gasteiger partial charge in [-0.1, -0.05) is 17.7 Å². The molecule has 2 N–H and O–H groups in total. The van der Waals surface area contributed by atoms with Crippen molar-refractivity contribution in [2.45, 2.75) is 20.4 Å². The minimum Gasteiger partial charge on any atom is -0.379 e. The SMILES string of the molecule is CC(=O)Nc1ccc(NCc2ccc(C)cn2)cc1Cl. The van der Waals surface area contributed by atoms with Crippen LogP contribution in [0.25, 0.3) is 0 Å². The molecule has 1 amide bonds. The lowest BCUT2D eigenvalue weighted by atomic mass is 10.2. The average molecular weight is 290 g/mol. The molecule has 0 spiro atoms. The number of benzene rings is 1. The maximum Gasteiger partial charge on any atom is 0.221 e. The van der Waals surface area contributed by atoms with E-state index in [9.17, 15) is 4.79 Å². The van der Waals surface area contributed by atoms with Gasteiger partial charge in [0.05, 0.1) is 22.9 Å². The van der Waals surface area contributed by atoms with Crippen molar-refractivity contribution in [3.8, 4) is 0 Å². The van der Waals surface area contributed by atoms with Crippen molar-refractivity contribution in [2.24, 2.45) is 0 Å². The Morgan fingerprint density at radius 1 is 1.30 bits per heavy atom. The summed E-state index contributed by atoms with van der Waals surface area (Å²) in [6, 6.07) is 9.42. The first kappa shape index (κ1) is 14.3. The number of aromatic nitrogens is 1. The molecule has 5 heteroatoms. The largest absolute Gasteiger partial charge is 0.379 e. The molecule has 0 fully saturated rings. The van der Waals surface area contributed by atoms with E-state index in [-0.39, 0.29) is 5.91 Å². The normalized spacial score (nSPS) is 10.2. The van der Waals surface area contributed by atoms with Gasteiger partial charge in [0.2, 0.25) is 5.91 Å². The molecular weight excluding hydrogens is 274 g/mol. The number of amides is 1. The van der Waals surface area contributed by atoms with E-state index >= 15 is 0 Å². The molecule has 0 unspecified atom stereocenters. The van der Waals surface area contributed by atoms with Crippen molar-refractivity contribution >= 4 is 28.9 Å². The number of carbonyl (C=O) groups is 1. The van der Waals surface area contributed by atoms with Crippen LogP contribution in [0.5, 0.6) is 0 Å². The molecule has 0 saturated heterocycles. The highest BCUT2D eigenvalue weighted by Gasteiger charge is 2.03. The second-order valence-electron chi connectivity index (χ2n) is 4.56.